The Balaban J connectivity index is 2.07. The number of pyridine rings is 1. The van der Waals surface area contributed by atoms with Crippen LogP contribution < -0.4 is 15.5 Å². The fourth-order valence-corrected chi connectivity index (χ4v) is 2.49. The zero-order chi connectivity index (χ0) is 16.9. The van der Waals surface area contributed by atoms with Crippen molar-refractivity contribution in [3.05, 3.63) is 66.6 Å². The van der Waals surface area contributed by atoms with Crippen LogP contribution in [0.3, 0.4) is 0 Å². The summed E-state index contributed by atoms with van der Waals surface area (Å²) in [6.07, 6.45) is 3.29. The van der Waals surface area contributed by atoms with E-state index in [0.717, 1.165) is 11.4 Å². The van der Waals surface area contributed by atoms with Gasteiger partial charge in [-0.25, -0.2) is 15.0 Å². The van der Waals surface area contributed by atoms with Gasteiger partial charge in [0.2, 0.25) is 0 Å². The average molecular weight is 320 g/mol. The lowest BCUT2D eigenvalue weighted by Crippen LogP contribution is -2.22. The van der Waals surface area contributed by atoms with Crippen molar-refractivity contribution in [1.82, 2.24) is 15.0 Å². The van der Waals surface area contributed by atoms with Crippen molar-refractivity contribution in [3.63, 3.8) is 0 Å². The maximum atomic E-state index is 6.34. The van der Waals surface area contributed by atoms with Crippen LogP contribution in [0.2, 0.25) is 0 Å². The number of nitrogen functional groups attached to an aromatic ring is 1. The highest BCUT2D eigenvalue weighted by molar-refractivity contribution is 5.78. The molecule has 0 bridgehead atoms. The smallest absolute Gasteiger partial charge is 0.163 e. The maximum absolute atomic E-state index is 6.34. The number of nitrogens with two attached hydrogens (primary N) is 1. The van der Waals surface area contributed by atoms with Crippen LogP contribution in [0.1, 0.15) is 5.56 Å². The molecule has 0 aliphatic heterocycles. The number of nitrogens with zero attached hydrogens (tertiary/aromatic N) is 5. The van der Waals surface area contributed by atoms with Crippen LogP contribution >= 0.6 is 0 Å². The molecule has 24 heavy (non-hydrogen) atoms. The molecule has 0 aliphatic rings. The quantitative estimate of drug-likeness (QED) is 0.779. The Morgan fingerprint density at radius 1 is 0.875 bits per heavy atom. The lowest BCUT2D eigenvalue weighted by molar-refractivity contribution is 0.913. The average Bonchev–Trinajstić information content (AvgIpc) is 2.61. The summed E-state index contributed by atoms with van der Waals surface area (Å²) in [5, 5.41) is 0. The van der Waals surface area contributed by atoms with Gasteiger partial charge in [-0.2, -0.15) is 0 Å². The van der Waals surface area contributed by atoms with Crippen molar-refractivity contribution in [1.29, 1.82) is 0 Å². The van der Waals surface area contributed by atoms with Crippen molar-refractivity contribution in [2.24, 2.45) is 0 Å². The van der Waals surface area contributed by atoms with Crippen molar-refractivity contribution >= 4 is 23.1 Å². The van der Waals surface area contributed by atoms with Gasteiger partial charge in [-0.15, -0.1) is 0 Å². The standard InChI is InChI=1S/C18H20N6/c1-23(2)17-16(19)18(22-13-21-17)24(15-10-6-7-11-20-15)12-14-8-4-3-5-9-14/h3-11,13H,12,19H2,1-2H3. The minimum absolute atomic E-state index is 0.532. The van der Waals surface area contributed by atoms with E-state index in [-0.39, 0.29) is 0 Å². The molecule has 0 aliphatic carbocycles. The van der Waals surface area contributed by atoms with Crippen molar-refractivity contribution in [3.8, 4) is 0 Å². The van der Waals surface area contributed by atoms with Gasteiger partial charge in [0.15, 0.2) is 11.6 Å². The van der Waals surface area contributed by atoms with Crippen LogP contribution in [0.5, 0.6) is 0 Å². The Morgan fingerprint density at radius 2 is 1.58 bits per heavy atom. The van der Waals surface area contributed by atoms with E-state index in [1.807, 2.05) is 60.3 Å². The second kappa shape index (κ2) is 6.95. The molecule has 2 aromatic heterocycles. The van der Waals surface area contributed by atoms with Gasteiger partial charge in [-0.05, 0) is 17.7 Å². The molecule has 3 aromatic rings. The Hall–Kier alpha value is -3.15. The fraction of sp³-hybridized carbons (Fsp3) is 0.167. The SMILES string of the molecule is CN(C)c1ncnc(N(Cc2ccccc2)c2ccccn2)c1N. The minimum atomic E-state index is 0.532. The van der Waals surface area contributed by atoms with E-state index < -0.39 is 0 Å². The van der Waals surface area contributed by atoms with Crippen molar-refractivity contribution < 1.29 is 0 Å². The normalized spacial score (nSPS) is 10.4. The lowest BCUT2D eigenvalue weighted by Gasteiger charge is -2.25. The summed E-state index contributed by atoms with van der Waals surface area (Å²) in [4.78, 5) is 17.0. The Kier molecular flexibility index (Phi) is 4.56. The molecular formula is C18H20N6. The van der Waals surface area contributed by atoms with Gasteiger partial charge in [-0.1, -0.05) is 36.4 Å². The maximum Gasteiger partial charge on any atom is 0.163 e. The summed E-state index contributed by atoms with van der Waals surface area (Å²) in [5.74, 6) is 2.13. The summed E-state index contributed by atoms with van der Waals surface area (Å²) in [6.45, 7) is 0.617. The van der Waals surface area contributed by atoms with E-state index in [4.69, 9.17) is 5.73 Å². The first-order valence-corrected chi connectivity index (χ1v) is 7.67. The predicted molar refractivity (Wildman–Crippen MR) is 97.3 cm³/mol. The molecule has 0 unspecified atom stereocenters. The highest BCUT2D eigenvalue weighted by Crippen LogP contribution is 2.32. The van der Waals surface area contributed by atoms with E-state index in [1.54, 1.807) is 6.20 Å². The molecule has 2 N–H and O–H groups in total. The first kappa shape index (κ1) is 15.7. The van der Waals surface area contributed by atoms with E-state index in [0.29, 0.717) is 23.9 Å². The third kappa shape index (κ3) is 3.27. The Bertz CT molecular complexity index is 789. The molecular weight excluding hydrogens is 300 g/mol. The first-order valence-electron chi connectivity index (χ1n) is 7.67. The van der Waals surface area contributed by atoms with Gasteiger partial charge < -0.3 is 15.5 Å². The number of rotatable bonds is 5. The van der Waals surface area contributed by atoms with Crippen LogP contribution in [0, 0.1) is 0 Å². The number of hydrogen-bond donors (Lipinski definition) is 1. The molecule has 0 spiro atoms. The highest BCUT2D eigenvalue weighted by Gasteiger charge is 2.19. The molecule has 1 aromatic carbocycles. The zero-order valence-electron chi connectivity index (χ0n) is 13.8. The molecule has 0 saturated heterocycles. The molecule has 0 fully saturated rings. The number of hydrogen-bond acceptors (Lipinski definition) is 6. The summed E-state index contributed by atoms with van der Waals surface area (Å²) in [6, 6.07) is 15.9. The molecule has 122 valence electrons. The molecule has 3 rings (SSSR count). The molecule has 6 nitrogen and oxygen atoms in total. The first-order chi connectivity index (χ1) is 11.7. The zero-order valence-corrected chi connectivity index (χ0v) is 13.8. The van der Waals surface area contributed by atoms with Gasteiger partial charge in [0.1, 0.15) is 17.8 Å². The Morgan fingerprint density at radius 3 is 2.25 bits per heavy atom. The van der Waals surface area contributed by atoms with E-state index in [1.165, 1.54) is 6.33 Å². The summed E-state index contributed by atoms with van der Waals surface area (Å²) < 4.78 is 0. The minimum Gasteiger partial charge on any atom is -0.393 e. The number of aromatic nitrogens is 3. The van der Waals surface area contributed by atoms with Crippen LogP contribution in [0.25, 0.3) is 0 Å². The molecule has 0 amide bonds. The van der Waals surface area contributed by atoms with E-state index in [9.17, 15) is 0 Å². The second-order valence-corrected chi connectivity index (χ2v) is 5.59. The fourth-order valence-electron chi connectivity index (χ4n) is 2.49. The monoisotopic (exact) mass is 320 g/mol. The van der Waals surface area contributed by atoms with Crippen molar-refractivity contribution in [2.45, 2.75) is 6.54 Å². The van der Waals surface area contributed by atoms with Gasteiger partial charge in [0.25, 0.3) is 0 Å². The van der Waals surface area contributed by atoms with Crippen molar-refractivity contribution in [2.75, 3.05) is 29.6 Å². The van der Waals surface area contributed by atoms with Crippen LogP contribution in [-0.4, -0.2) is 29.0 Å². The van der Waals surface area contributed by atoms with E-state index in [2.05, 4.69) is 27.1 Å². The summed E-state index contributed by atoms with van der Waals surface area (Å²) >= 11 is 0. The Labute approximate surface area is 141 Å². The van der Waals surface area contributed by atoms with E-state index >= 15 is 0 Å². The molecule has 0 radical (unpaired) electrons. The van der Waals surface area contributed by atoms with Crippen LogP contribution in [-0.2, 0) is 6.54 Å². The lowest BCUT2D eigenvalue weighted by atomic mass is 10.2. The highest BCUT2D eigenvalue weighted by atomic mass is 15.3. The third-order valence-corrected chi connectivity index (χ3v) is 3.63. The molecule has 2 heterocycles. The van der Waals surface area contributed by atoms with Gasteiger partial charge in [-0.3, -0.25) is 0 Å². The third-order valence-electron chi connectivity index (χ3n) is 3.63. The number of benzene rings is 1. The topological polar surface area (TPSA) is 71.2 Å². The van der Waals surface area contributed by atoms with Crippen LogP contribution in [0.15, 0.2) is 61.1 Å². The largest absolute Gasteiger partial charge is 0.393 e. The van der Waals surface area contributed by atoms with Gasteiger partial charge >= 0.3 is 0 Å². The summed E-state index contributed by atoms with van der Waals surface area (Å²) in [7, 11) is 3.82. The summed E-state index contributed by atoms with van der Waals surface area (Å²) in [5.41, 5.74) is 8.02. The van der Waals surface area contributed by atoms with Gasteiger partial charge in [0, 0.05) is 20.3 Å². The predicted octanol–water partition coefficient (Wildman–Crippen LogP) is 2.86. The molecule has 0 atom stereocenters. The van der Waals surface area contributed by atoms with Gasteiger partial charge in [0.05, 0.1) is 6.54 Å². The second-order valence-electron chi connectivity index (χ2n) is 5.59. The van der Waals surface area contributed by atoms with Crippen LogP contribution in [0.4, 0.5) is 23.1 Å². The number of anilines is 4. The molecule has 0 saturated carbocycles. The molecule has 6 heteroatoms.